The maximum atomic E-state index is 13.4. The van der Waals surface area contributed by atoms with Crippen molar-refractivity contribution in [3.8, 4) is 11.4 Å². The first-order valence-corrected chi connectivity index (χ1v) is 13.0. The average Bonchev–Trinajstić information content (AvgIpc) is 3.34. The van der Waals surface area contributed by atoms with Crippen molar-refractivity contribution in [2.75, 3.05) is 19.6 Å². The number of amides is 1. The lowest BCUT2D eigenvalue weighted by Gasteiger charge is -2.22. The third kappa shape index (κ3) is 6.27. The highest BCUT2D eigenvalue weighted by Gasteiger charge is 2.25. The number of hydrogen-bond acceptors (Lipinski definition) is 6. The number of hydrogen-bond donors (Lipinski definition) is 2. The number of benzene rings is 2. The summed E-state index contributed by atoms with van der Waals surface area (Å²) in [5, 5.41) is 2.75. The molecule has 1 unspecified atom stereocenters. The van der Waals surface area contributed by atoms with Crippen LogP contribution in [0.5, 0.6) is 0 Å². The van der Waals surface area contributed by atoms with E-state index in [9.17, 15) is 17.6 Å². The number of nitrogens with zero attached hydrogens (tertiary/aromatic N) is 3. The highest BCUT2D eigenvalue weighted by molar-refractivity contribution is 7.89. The Morgan fingerprint density at radius 1 is 1.14 bits per heavy atom. The Hall–Kier alpha value is -3.21. The molecular weight excluding hydrogens is 469 g/mol. The molecule has 4 rings (SSSR count). The summed E-state index contributed by atoms with van der Waals surface area (Å²) in [6, 6.07) is 12.6. The minimum atomic E-state index is -3.66. The number of nitrogens with one attached hydrogen (secondary N) is 2. The van der Waals surface area contributed by atoms with Gasteiger partial charge in [-0.2, -0.15) is 0 Å². The predicted molar refractivity (Wildman–Crippen MR) is 130 cm³/mol. The lowest BCUT2D eigenvalue weighted by molar-refractivity contribution is 0.0950. The van der Waals surface area contributed by atoms with Gasteiger partial charge < -0.3 is 5.32 Å². The normalized spacial score (nSPS) is 16.3. The van der Waals surface area contributed by atoms with Crippen LogP contribution >= 0.6 is 0 Å². The molecule has 2 aromatic carbocycles. The standard InChI is InChI=1S/C25H28FN5O3S/c1-2-31-11-5-9-22(31)17-30-35(33,34)23-10-3-6-18(12-23)14-29-25(32)20-15-27-24(28-16-20)19-7-4-8-21(26)13-19/h3-4,6-8,10,12-13,15-16,22,30H,2,5,9,11,14,17H2,1H3,(H,29,32). The zero-order valence-corrected chi connectivity index (χ0v) is 20.3. The van der Waals surface area contributed by atoms with Gasteiger partial charge in [0.25, 0.3) is 5.91 Å². The first kappa shape index (κ1) is 24.9. The second kappa shape index (κ2) is 11.0. The van der Waals surface area contributed by atoms with Gasteiger partial charge in [-0.25, -0.2) is 27.5 Å². The van der Waals surface area contributed by atoms with Crippen molar-refractivity contribution in [3.05, 3.63) is 77.9 Å². The molecule has 184 valence electrons. The van der Waals surface area contributed by atoms with E-state index < -0.39 is 21.7 Å². The fourth-order valence-corrected chi connectivity index (χ4v) is 5.30. The molecule has 1 atom stereocenters. The fraction of sp³-hybridized carbons (Fsp3) is 0.320. The SMILES string of the molecule is CCN1CCCC1CNS(=O)(=O)c1cccc(CNC(=O)c2cnc(-c3cccc(F)c3)nc2)c1. The highest BCUT2D eigenvalue weighted by Crippen LogP contribution is 2.18. The Labute approximate surface area is 204 Å². The van der Waals surface area contributed by atoms with Crippen LogP contribution in [-0.4, -0.2) is 54.9 Å². The number of aromatic nitrogens is 2. The number of likely N-dealkylation sites (tertiary alicyclic amines) is 1. The summed E-state index contributed by atoms with van der Waals surface area (Å²) < 4.78 is 41.7. The number of likely N-dealkylation sites (N-methyl/N-ethyl adjacent to an activating group) is 1. The van der Waals surface area contributed by atoms with Crippen molar-refractivity contribution in [1.82, 2.24) is 24.9 Å². The van der Waals surface area contributed by atoms with E-state index in [0.717, 1.165) is 25.9 Å². The van der Waals surface area contributed by atoms with Gasteiger partial charge in [-0.05, 0) is 55.8 Å². The van der Waals surface area contributed by atoms with Crippen molar-refractivity contribution in [2.24, 2.45) is 0 Å². The topological polar surface area (TPSA) is 104 Å². The van der Waals surface area contributed by atoms with Gasteiger partial charge in [0.15, 0.2) is 5.82 Å². The van der Waals surface area contributed by atoms with Crippen molar-refractivity contribution < 1.29 is 17.6 Å². The van der Waals surface area contributed by atoms with Gasteiger partial charge in [-0.1, -0.05) is 31.2 Å². The lowest BCUT2D eigenvalue weighted by Crippen LogP contribution is -2.40. The zero-order chi connectivity index (χ0) is 24.8. The van der Waals surface area contributed by atoms with Crippen LogP contribution in [0.1, 0.15) is 35.7 Å². The molecule has 1 aliphatic rings. The number of carbonyl (C=O) groups excluding carboxylic acids is 1. The van der Waals surface area contributed by atoms with Gasteiger partial charge in [-0.15, -0.1) is 0 Å². The van der Waals surface area contributed by atoms with Crippen LogP contribution in [0.3, 0.4) is 0 Å². The van der Waals surface area contributed by atoms with Gasteiger partial charge in [-0.3, -0.25) is 9.69 Å². The molecule has 1 aliphatic heterocycles. The van der Waals surface area contributed by atoms with Crippen molar-refractivity contribution in [3.63, 3.8) is 0 Å². The second-order valence-electron chi connectivity index (χ2n) is 8.41. The Morgan fingerprint density at radius 2 is 1.91 bits per heavy atom. The van der Waals surface area contributed by atoms with Crippen molar-refractivity contribution in [2.45, 2.75) is 37.2 Å². The highest BCUT2D eigenvalue weighted by atomic mass is 32.2. The van der Waals surface area contributed by atoms with Crippen LogP contribution in [-0.2, 0) is 16.6 Å². The van der Waals surface area contributed by atoms with Crippen LogP contribution in [0.15, 0.2) is 65.8 Å². The quantitative estimate of drug-likeness (QED) is 0.471. The summed E-state index contributed by atoms with van der Waals surface area (Å²) in [4.78, 5) is 23.3. The van der Waals surface area contributed by atoms with E-state index in [0.29, 0.717) is 23.5 Å². The molecule has 0 radical (unpaired) electrons. The largest absolute Gasteiger partial charge is 0.348 e. The first-order chi connectivity index (χ1) is 16.9. The maximum absolute atomic E-state index is 13.4. The Kier molecular flexibility index (Phi) is 7.84. The maximum Gasteiger partial charge on any atom is 0.254 e. The molecule has 35 heavy (non-hydrogen) atoms. The monoisotopic (exact) mass is 497 g/mol. The molecule has 8 nitrogen and oxygen atoms in total. The molecule has 1 aromatic heterocycles. The molecule has 1 amide bonds. The Bertz CT molecular complexity index is 1280. The van der Waals surface area contributed by atoms with Crippen LogP contribution in [0.2, 0.25) is 0 Å². The van der Waals surface area contributed by atoms with Gasteiger partial charge >= 0.3 is 0 Å². The van der Waals surface area contributed by atoms with E-state index in [1.807, 2.05) is 0 Å². The summed E-state index contributed by atoms with van der Waals surface area (Å²) in [7, 11) is -3.66. The Morgan fingerprint density at radius 3 is 2.66 bits per heavy atom. The van der Waals surface area contributed by atoms with E-state index in [1.165, 1.54) is 24.5 Å². The van der Waals surface area contributed by atoms with Crippen LogP contribution in [0, 0.1) is 5.82 Å². The van der Waals surface area contributed by atoms with E-state index >= 15 is 0 Å². The molecular formula is C25H28FN5O3S. The first-order valence-electron chi connectivity index (χ1n) is 11.5. The number of rotatable bonds is 9. The molecule has 10 heteroatoms. The molecule has 2 heterocycles. The summed E-state index contributed by atoms with van der Waals surface area (Å²) >= 11 is 0. The number of carbonyl (C=O) groups is 1. The molecule has 1 fully saturated rings. The predicted octanol–water partition coefficient (Wildman–Crippen LogP) is 2.98. The van der Waals surface area contributed by atoms with E-state index in [2.05, 4.69) is 31.8 Å². The van der Waals surface area contributed by atoms with E-state index in [4.69, 9.17) is 0 Å². The minimum Gasteiger partial charge on any atom is -0.348 e. The summed E-state index contributed by atoms with van der Waals surface area (Å²) in [6.07, 6.45) is 4.80. The van der Waals surface area contributed by atoms with Crippen LogP contribution < -0.4 is 10.0 Å². The van der Waals surface area contributed by atoms with Crippen LogP contribution in [0.4, 0.5) is 4.39 Å². The molecule has 1 saturated heterocycles. The van der Waals surface area contributed by atoms with Gasteiger partial charge in [0, 0.05) is 37.1 Å². The van der Waals surface area contributed by atoms with Crippen molar-refractivity contribution in [1.29, 1.82) is 0 Å². The number of halogens is 1. The summed E-state index contributed by atoms with van der Waals surface area (Å²) in [5.41, 5.74) is 1.40. The van der Waals surface area contributed by atoms with Gasteiger partial charge in [0.2, 0.25) is 10.0 Å². The molecule has 0 aliphatic carbocycles. The van der Waals surface area contributed by atoms with Crippen LogP contribution in [0.25, 0.3) is 11.4 Å². The summed E-state index contributed by atoms with van der Waals surface area (Å²) in [5.74, 6) is -0.483. The molecule has 0 saturated carbocycles. The average molecular weight is 498 g/mol. The third-order valence-electron chi connectivity index (χ3n) is 6.07. The van der Waals surface area contributed by atoms with Gasteiger partial charge in [0.05, 0.1) is 10.5 Å². The number of sulfonamides is 1. The zero-order valence-electron chi connectivity index (χ0n) is 19.4. The summed E-state index contributed by atoms with van der Waals surface area (Å²) in [6.45, 7) is 4.50. The van der Waals surface area contributed by atoms with Crippen molar-refractivity contribution >= 4 is 15.9 Å². The lowest BCUT2D eigenvalue weighted by atomic mass is 10.2. The Balaban J connectivity index is 1.35. The molecule has 2 N–H and O–H groups in total. The molecule has 0 spiro atoms. The van der Waals surface area contributed by atoms with Gasteiger partial charge in [0.1, 0.15) is 5.82 Å². The molecule has 3 aromatic rings. The second-order valence-corrected chi connectivity index (χ2v) is 10.2. The third-order valence-corrected chi connectivity index (χ3v) is 7.49. The van der Waals surface area contributed by atoms with E-state index in [1.54, 1.807) is 36.4 Å². The van der Waals surface area contributed by atoms with E-state index in [-0.39, 0.29) is 23.0 Å². The smallest absolute Gasteiger partial charge is 0.254 e. The minimum absolute atomic E-state index is 0.139. The fourth-order valence-electron chi connectivity index (χ4n) is 4.16. The molecule has 0 bridgehead atoms.